The van der Waals surface area contributed by atoms with Crippen molar-refractivity contribution in [2.45, 2.75) is 13.5 Å². The molecule has 2 heterocycles. The molecule has 4 aromatic rings. The number of para-hydroxylation sites is 1. The van der Waals surface area contributed by atoms with Crippen molar-refractivity contribution < 1.29 is 14.3 Å². The Bertz CT molecular complexity index is 1300. The molecule has 2 aromatic heterocycles. The molecule has 0 bridgehead atoms. The lowest BCUT2D eigenvalue weighted by molar-refractivity contribution is -0.119. The van der Waals surface area contributed by atoms with Gasteiger partial charge < -0.3 is 10.1 Å². The number of rotatable bonds is 7. The molecule has 0 aliphatic rings. The third-order valence-electron chi connectivity index (χ3n) is 4.81. The molecule has 33 heavy (non-hydrogen) atoms. The van der Waals surface area contributed by atoms with Gasteiger partial charge in [0.1, 0.15) is 16.5 Å². The van der Waals surface area contributed by atoms with E-state index in [-0.39, 0.29) is 10.7 Å². The minimum Gasteiger partial charge on any atom is -0.452 e. The minimum atomic E-state index is -0.737. The molecule has 0 atom stereocenters. The first-order chi connectivity index (χ1) is 15.9. The van der Waals surface area contributed by atoms with Crippen LogP contribution in [0.4, 0.5) is 5.82 Å². The van der Waals surface area contributed by atoms with Gasteiger partial charge in [0.15, 0.2) is 6.61 Å². The van der Waals surface area contributed by atoms with Crippen LogP contribution < -0.4 is 5.32 Å². The zero-order valence-corrected chi connectivity index (χ0v) is 19.0. The Kier molecular flexibility index (Phi) is 6.76. The van der Waals surface area contributed by atoms with Gasteiger partial charge in [0, 0.05) is 11.1 Å². The van der Waals surface area contributed by atoms with E-state index in [9.17, 15) is 9.59 Å². The Balaban J connectivity index is 1.40. The Labute approximate surface area is 199 Å². The van der Waals surface area contributed by atoms with E-state index in [1.165, 1.54) is 4.68 Å². The molecule has 0 aliphatic carbocycles. The maximum absolute atomic E-state index is 12.6. The maximum atomic E-state index is 12.6. The van der Waals surface area contributed by atoms with Crippen molar-refractivity contribution in [2.75, 3.05) is 11.9 Å². The first-order valence-electron chi connectivity index (χ1n) is 9.97. The SMILES string of the molecule is Cc1nn(-c2ccccc2)c(Cl)c1C(=O)OCC(=O)Nc1ccnn1Cc1ccccc1Cl. The number of nitrogens with one attached hydrogen (secondary N) is 1. The minimum absolute atomic E-state index is 0.108. The number of benzene rings is 2. The van der Waals surface area contributed by atoms with Crippen molar-refractivity contribution in [3.8, 4) is 5.69 Å². The van der Waals surface area contributed by atoms with E-state index in [1.807, 2.05) is 48.5 Å². The Hall–Kier alpha value is -3.62. The predicted molar refractivity (Wildman–Crippen MR) is 125 cm³/mol. The van der Waals surface area contributed by atoms with Crippen molar-refractivity contribution in [3.05, 3.63) is 93.9 Å². The smallest absolute Gasteiger partial charge is 0.343 e. The summed E-state index contributed by atoms with van der Waals surface area (Å²) in [6.07, 6.45) is 1.56. The van der Waals surface area contributed by atoms with E-state index in [4.69, 9.17) is 27.9 Å². The third kappa shape index (κ3) is 5.08. The van der Waals surface area contributed by atoms with Crippen LogP contribution in [0, 0.1) is 6.92 Å². The summed E-state index contributed by atoms with van der Waals surface area (Å²) in [5.41, 5.74) is 2.06. The molecule has 4 rings (SSSR count). The molecular weight excluding hydrogens is 465 g/mol. The molecule has 2 aromatic carbocycles. The van der Waals surface area contributed by atoms with Gasteiger partial charge in [-0.1, -0.05) is 59.6 Å². The molecule has 0 unspecified atom stereocenters. The molecular formula is C23H19Cl2N5O3. The summed E-state index contributed by atoms with van der Waals surface area (Å²) in [7, 11) is 0. The van der Waals surface area contributed by atoms with Crippen molar-refractivity contribution in [1.29, 1.82) is 0 Å². The molecule has 0 fully saturated rings. The van der Waals surface area contributed by atoms with Gasteiger partial charge in [-0.05, 0) is 30.7 Å². The van der Waals surface area contributed by atoms with Crippen LogP contribution in [0.1, 0.15) is 21.6 Å². The number of amides is 1. The number of aryl methyl sites for hydroxylation is 1. The summed E-state index contributed by atoms with van der Waals surface area (Å²) in [5, 5.41) is 11.9. The van der Waals surface area contributed by atoms with Gasteiger partial charge >= 0.3 is 5.97 Å². The quantitative estimate of drug-likeness (QED) is 0.390. The molecule has 168 valence electrons. The summed E-state index contributed by atoms with van der Waals surface area (Å²) in [5.74, 6) is -0.810. The fraction of sp³-hybridized carbons (Fsp3) is 0.130. The topological polar surface area (TPSA) is 91.0 Å². The average Bonchev–Trinajstić information content (AvgIpc) is 3.37. The number of nitrogens with zero attached hydrogens (tertiary/aromatic N) is 4. The van der Waals surface area contributed by atoms with Crippen LogP contribution >= 0.6 is 23.2 Å². The van der Waals surface area contributed by atoms with Gasteiger partial charge in [-0.3, -0.25) is 4.79 Å². The zero-order valence-electron chi connectivity index (χ0n) is 17.5. The van der Waals surface area contributed by atoms with Gasteiger partial charge in [0.05, 0.1) is 24.1 Å². The molecule has 0 radical (unpaired) electrons. The molecule has 1 N–H and O–H groups in total. The van der Waals surface area contributed by atoms with E-state index in [0.717, 1.165) is 5.56 Å². The highest BCUT2D eigenvalue weighted by molar-refractivity contribution is 6.33. The standard InChI is InChI=1S/C23H19Cl2N5O3/c1-15-21(22(25)30(28-15)17-8-3-2-4-9-17)23(32)33-14-20(31)27-19-11-12-26-29(19)13-16-7-5-6-10-18(16)24/h2-12H,13-14H2,1H3,(H,27,31). The normalized spacial score (nSPS) is 10.8. The number of hydrogen-bond donors (Lipinski definition) is 1. The molecule has 8 nitrogen and oxygen atoms in total. The van der Waals surface area contributed by atoms with Crippen LogP contribution in [0.25, 0.3) is 5.69 Å². The molecule has 1 amide bonds. The highest BCUT2D eigenvalue weighted by atomic mass is 35.5. The highest BCUT2D eigenvalue weighted by Gasteiger charge is 2.23. The van der Waals surface area contributed by atoms with Gasteiger partial charge in [-0.15, -0.1) is 0 Å². The van der Waals surface area contributed by atoms with Crippen molar-refractivity contribution >= 4 is 40.9 Å². The Morgan fingerprint density at radius 2 is 1.76 bits per heavy atom. The molecule has 0 saturated carbocycles. The van der Waals surface area contributed by atoms with E-state index in [1.54, 1.807) is 29.9 Å². The second-order valence-corrected chi connectivity index (χ2v) is 7.85. The molecule has 0 saturated heterocycles. The number of esters is 1. The second-order valence-electron chi connectivity index (χ2n) is 7.09. The third-order valence-corrected chi connectivity index (χ3v) is 5.52. The molecule has 0 spiro atoms. The Morgan fingerprint density at radius 1 is 1.03 bits per heavy atom. The maximum Gasteiger partial charge on any atom is 0.343 e. The summed E-state index contributed by atoms with van der Waals surface area (Å²) < 4.78 is 8.22. The number of carbonyl (C=O) groups is 2. The van der Waals surface area contributed by atoms with Gasteiger partial charge in [0.2, 0.25) is 0 Å². The monoisotopic (exact) mass is 483 g/mol. The van der Waals surface area contributed by atoms with Crippen molar-refractivity contribution in [3.63, 3.8) is 0 Å². The van der Waals surface area contributed by atoms with E-state index >= 15 is 0 Å². The van der Waals surface area contributed by atoms with Crippen LogP contribution in [-0.2, 0) is 16.1 Å². The Morgan fingerprint density at radius 3 is 2.52 bits per heavy atom. The fourth-order valence-electron chi connectivity index (χ4n) is 3.21. The number of halogens is 2. The van der Waals surface area contributed by atoms with E-state index < -0.39 is 18.5 Å². The largest absolute Gasteiger partial charge is 0.452 e. The summed E-state index contributed by atoms with van der Waals surface area (Å²) >= 11 is 12.6. The summed E-state index contributed by atoms with van der Waals surface area (Å²) in [6.45, 7) is 1.52. The average molecular weight is 484 g/mol. The zero-order chi connectivity index (χ0) is 23.4. The van der Waals surface area contributed by atoms with Crippen LogP contribution in [0.2, 0.25) is 10.2 Å². The van der Waals surface area contributed by atoms with Crippen LogP contribution in [0.3, 0.4) is 0 Å². The molecule has 10 heteroatoms. The fourth-order valence-corrected chi connectivity index (χ4v) is 3.75. The number of ether oxygens (including phenoxy) is 1. The number of carbonyl (C=O) groups excluding carboxylic acids is 2. The number of anilines is 1. The summed E-state index contributed by atoms with van der Waals surface area (Å²) in [4.78, 5) is 25.0. The van der Waals surface area contributed by atoms with Gasteiger partial charge in [0.25, 0.3) is 5.91 Å². The highest BCUT2D eigenvalue weighted by Crippen LogP contribution is 2.24. The van der Waals surface area contributed by atoms with Crippen molar-refractivity contribution in [2.24, 2.45) is 0 Å². The predicted octanol–water partition coefficient (Wildman–Crippen LogP) is 4.53. The van der Waals surface area contributed by atoms with E-state index in [2.05, 4.69) is 15.5 Å². The lowest BCUT2D eigenvalue weighted by Gasteiger charge is -2.10. The lowest BCUT2D eigenvalue weighted by atomic mass is 10.2. The first-order valence-corrected chi connectivity index (χ1v) is 10.7. The summed E-state index contributed by atoms with van der Waals surface area (Å²) in [6, 6.07) is 18.2. The number of aromatic nitrogens is 4. The molecule has 0 aliphatic heterocycles. The van der Waals surface area contributed by atoms with Crippen LogP contribution in [0.5, 0.6) is 0 Å². The lowest BCUT2D eigenvalue weighted by Crippen LogP contribution is -2.23. The first kappa shape index (κ1) is 22.6. The van der Waals surface area contributed by atoms with Gasteiger partial charge in [-0.2, -0.15) is 10.2 Å². The second kappa shape index (κ2) is 9.89. The van der Waals surface area contributed by atoms with Crippen molar-refractivity contribution in [1.82, 2.24) is 19.6 Å². The van der Waals surface area contributed by atoms with Crippen LogP contribution in [0.15, 0.2) is 66.9 Å². The van der Waals surface area contributed by atoms with E-state index in [0.29, 0.717) is 28.8 Å². The van der Waals surface area contributed by atoms with Crippen LogP contribution in [-0.4, -0.2) is 38.0 Å². The van der Waals surface area contributed by atoms with Gasteiger partial charge in [-0.25, -0.2) is 14.2 Å². The number of hydrogen-bond acceptors (Lipinski definition) is 5.